The number of nitrogens with one attached hydrogen (secondary N) is 2. The summed E-state index contributed by atoms with van der Waals surface area (Å²) in [5.74, 6) is 1.06. The molecule has 0 saturated carbocycles. The summed E-state index contributed by atoms with van der Waals surface area (Å²) in [5, 5.41) is 10.1. The van der Waals surface area contributed by atoms with Gasteiger partial charge in [0.15, 0.2) is 0 Å². The molecule has 0 saturated heterocycles. The number of thioether (sulfide) groups is 1. The van der Waals surface area contributed by atoms with Crippen molar-refractivity contribution in [2.45, 2.75) is 38.1 Å². The van der Waals surface area contributed by atoms with Crippen LogP contribution in [0.2, 0.25) is 0 Å². The van der Waals surface area contributed by atoms with Gasteiger partial charge in [0.1, 0.15) is 0 Å². The molecule has 0 spiro atoms. The van der Waals surface area contributed by atoms with E-state index >= 15 is 0 Å². The number of urea groups is 1. The Morgan fingerprint density at radius 1 is 1.33 bits per heavy atom. The molecule has 2 rings (SSSR count). The second kappa shape index (κ2) is 8.78. The molecular formula is C18H26N4OS. The first-order chi connectivity index (χ1) is 11.5. The van der Waals surface area contributed by atoms with Gasteiger partial charge in [0.25, 0.3) is 0 Å². The summed E-state index contributed by atoms with van der Waals surface area (Å²) in [6.07, 6.45) is 2.64. The first-order valence-corrected chi connectivity index (χ1v) is 9.24. The highest BCUT2D eigenvalue weighted by atomic mass is 32.2. The summed E-state index contributed by atoms with van der Waals surface area (Å²) < 4.78 is 1.85. The summed E-state index contributed by atoms with van der Waals surface area (Å²) in [6, 6.07) is 8.18. The van der Waals surface area contributed by atoms with Crippen molar-refractivity contribution in [1.82, 2.24) is 20.4 Å². The number of rotatable bonds is 7. The van der Waals surface area contributed by atoms with Crippen molar-refractivity contribution < 1.29 is 4.79 Å². The molecule has 1 heterocycles. The average molecular weight is 347 g/mol. The third kappa shape index (κ3) is 5.03. The summed E-state index contributed by atoms with van der Waals surface area (Å²) in [6.45, 7) is 6.76. The van der Waals surface area contributed by atoms with E-state index in [2.05, 4.69) is 46.9 Å². The van der Waals surface area contributed by atoms with Crippen molar-refractivity contribution in [1.29, 1.82) is 0 Å². The Hall–Kier alpha value is -1.95. The van der Waals surface area contributed by atoms with Crippen LogP contribution in [0.5, 0.6) is 0 Å². The third-order valence-corrected chi connectivity index (χ3v) is 4.95. The number of hydrogen-bond donors (Lipinski definition) is 2. The lowest BCUT2D eigenvalue weighted by Crippen LogP contribution is -2.38. The van der Waals surface area contributed by atoms with Crippen LogP contribution in [-0.4, -0.2) is 28.1 Å². The smallest absolute Gasteiger partial charge is 0.315 e. The fraction of sp³-hybridized carbons (Fsp3) is 0.444. The molecular weight excluding hydrogens is 320 g/mol. The van der Waals surface area contributed by atoms with E-state index in [0.717, 1.165) is 29.0 Å². The van der Waals surface area contributed by atoms with Crippen LogP contribution in [0.4, 0.5) is 4.79 Å². The summed E-state index contributed by atoms with van der Waals surface area (Å²) >= 11 is 1.81. The van der Waals surface area contributed by atoms with Crippen molar-refractivity contribution in [3.8, 4) is 0 Å². The van der Waals surface area contributed by atoms with E-state index in [1.165, 1.54) is 4.90 Å². The zero-order valence-corrected chi connectivity index (χ0v) is 15.6. The number of hydrogen-bond acceptors (Lipinski definition) is 3. The maximum atomic E-state index is 12.0. The van der Waals surface area contributed by atoms with Gasteiger partial charge in [0.05, 0.1) is 12.2 Å². The Balaban J connectivity index is 1.77. The predicted octanol–water partition coefficient (Wildman–Crippen LogP) is 3.44. The first kappa shape index (κ1) is 18.4. The number of carbonyl (C=O) groups is 1. The van der Waals surface area contributed by atoms with Gasteiger partial charge in [-0.15, -0.1) is 11.8 Å². The Morgan fingerprint density at radius 2 is 2.04 bits per heavy atom. The third-order valence-electron chi connectivity index (χ3n) is 4.06. The van der Waals surface area contributed by atoms with E-state index in [1.54, 1.807) is 0 Å². The van der Waals surface area contributed by atoms with Gasteiger partial charge in [-0.25, -0.2) is 4.79 Å². The largest absolute Gasteiger partial charge is 0.338 e. The second-order valence-electron chi connectivity index (χ2n) is 5.75. The molecule has 0 aliphatic heterocycles. The van der Waals surface area contributed by atoms with Gasteiger partial charge in [-0.3, -0.25) is 4.68 Å². The number of carbonyl (C=O) groups excluding carboxylic acids is 1. The molecule has 1 aromatic carbocycles. The lowest BCUT2D eigenvalue weighted by Gasteiger charge is -2.15. The predicted molar refractivity (Wildman–Crippen MR) is 99.4 cm³/mol. The van der Waals surface area contributed by atoms with E-state index in [0.29, 0.717) is 6.54 Å². The molecule has 2 amide bonds. The molecule has 0 aliphatic carbocycles. The second-order valence-corrected chi connectivity index (χ2v) is 7.09. The maximum Gasteiger partial charge on any atom is 0.315 e. The SMILES string of the molecule is CCSc1ccc([C@H](C)NC(=O)NCCc2cnn(C)c2C)cc1. The van der Waals surface area contributed by atoms with E-state index in [1.807, 2.05) is 43.5 Å². The highest BCUT2D eigenvalue weighted by molar-refractivity contribution is 7.99. The molecule has 24 heavy (non-hydrogen) atoms. The minimum absolute atomic E-state index is 0.0224. The maximum absolute atomic E-state index is 12.0. The molecule has 1 atom stereocenters. The van der Waals surface area contributed by atoms with Crippen molar-refractivity contribution in [2.24, 2.45) is 7.05 Å². The molecule has 130 valence electrons. The normalized spacial score (nSPS) is 12.0. The number of aryl methyl sites for hydroxylation is 1. The Kier molecular flexibility index (Phi) is 6.73. The monoisotopic (exact) mass is 346 g/mol. The van der Waals surface area contributed by atoms with Crippen LogP contribution in [0.15, 0.2) is 35.4 Å². The molecule has 0 fully saturated rings. The number of amides is 2. The van der Waals surface area contributed by atoms with Crippen molar-refractivity contribution in [3.05, 3.63) is 47.3 Å². The zero-order valence-electron chi connectivity index (χ0n) is 14.8. The van der Waals surface area contributed by atoms with Gasteiger partial charge in [-0.05, 0) is 49.3 Å². The molecule has 2 N–H and O–H groups in total. The van der Waals surface area contributed by atoms with Crippen molar-refractivity contribution in [2.75, 3.05) is 12.3 Å². The first-order valence-electron chi connectivity index (χ1n) is 8.25. The quantitative estimate of drug-likeness (QED) is 0.755. The van der Waals surface area contributed by atoms with Crippen LogP contribution in [0.1, 0.15) is 36.7 Å². The molecule has 0 unspecified atom stereocenters. The van der Waals surface area contributed by atoms with Gasteiger partial charge in [-0.2, -0.15) is 5.10 Å². The van der Waals surface area contributed by atoms with Crippen LogP contribution in [0.25, 0.3) is 0 Å². The van der Waals surface area contributed by atoms with E-state index in [9.17, 15) is 4.79 Å². The standard InChI is InChI=1S/C18H26N4OS/c1-5-24-17-8-6-15(7-9-17)13(2)21-18(23)19-11-10-16-12-20-22(4)14(16)3/h6-9,12-13H,5,10-11H2,1-4H3,(H2,19,21,23)/t13-/m0/s1. The zero-order chi connectivity index (χ0) is 17.5. The molecule has 2 aromatic rings. The van der Waals surface area contributed by atoms with Gasteiger partial charge in [0, 0.05) is 24.2 Å². The van der Waals surface area contributed by atoms with Gasteiger partial charge in [-0.1, -0.05) is 19.1 Å². The van der Waals surface area contributed by atoms with Crippen LogP contribution < -0.4 is 10.6 Å². The van der Waals surface area contributed by atoms with E-state index in [4.69, 9.17) is 0 Å². The summed E-state index contributed by atoms with van der Waals surface area (Å²) in [7, 11) is 1.92. The fourth-order valence-corrected chi connectivity index (χ4v) is 3.11. The molecule has 0 bridgehead atoms. The van der Waals surface area contributed by atoms with Crippen LogP contribution >= 0.6 is 11.8 Å². The Labute approximate surface area is 148 Å². The summed E-state index contributed by atoms with van der Waals surface area (Å²) in [4.78, 5) is 13.3. The lowest BCUT2D eigenvalue weighted by molar-refractivity contribution is 0.238. The minimum Gasteiger partial charge on any atom is -0.338 e. The van der Waals surface area contributed by atoms with Gasteiger partial charge < -0.3 is 10.6 Å². The van der Waals surface area contributed by atoms with E-state index < -0.39 is 0 Å². The molecule has 0 aliphatic rings. The van der Waals surface area contributed by atoms with Crippen LogP contribution in [0.3, 0.4) is 0 Å². The molecule has 0 radical (unpaired) electrons. The highest BCUT2D eigenvalue weighted by Crippen LogP contribution is 2.20. The van der Waals surface area contributed by atoms with Crippen molar-refractivity contribution in [3.63, 3.8) is 0 Å². The topological polar surface area (TPSA) is 59.0 Å². The van der Waals surface area contributed by atoms with Crippen LogP contribution in [0, 0.1) is 6.92 Å². The van der Waals surface area contributed by atoms with Crippen LogP contribution in [-0.2, 0) is 13.5 Å². The van der Waals surface area contributed by atoms with E-state index in [-0.39, 0.29) is 12.1 Å². The average Bonchev–Trinajstić information content (AvgIpc) is 2.88. The number of aromatic nitrogens is 2. The summed E-state index contributed by atoms with van der Waals surface area (Å²) in [5.41, 5.74) is 3.40. The minimum atomic E-state index is -0.143. The molecule has 5 nitrogen and oxygen atoms in total. The number of benzene rings is 1. The van der Waals surface area contributed by atoms with Crippen molar-refractivity contribution >= 4 is 17.8 Å². The molecule has 1 aromatic heterocycles. The van der Waals surface area contributed by atoms with Gasteiger partial charge in [0.2, 0.25) is 0 Å². The fourth-order valence-electron chi connectivity index (χ4n) is 2.45. The lowest BCUT2D eigenvalue weighted by atomic mass is 10.1. The Bertz CT molecular complexity index is 666. The molecule has 6 heteroatoms. The van der Waals surface area contributed by atoms with Gasteiger partial charge >= 0.3 is 6.03 Å². The highest BCUT2D eigenvalue weighted by Gasteiger charge is 2.10. The number of nitrogens with zero attached hydrogens (tertiary/aromatic N) is 2. The Morgan fingerprint density at radius 3 is 2.62 bits per heavy atom.